The van der Waals surface area contributed by atoms with Gasteiger partial charge in [-0.05, 0) is 52.2 Å². The van der Waals surface area contributed by atoms with Crippen molar-refractivity contribution in [3.8, 4) is 0 Å². The number of benzene rings is 1. The molecule has 3 rings (SSSR count). The fraction of sp³-hybridized carbons (Fsp3) is 0.133. The molecule has 22 heavy (non-hydrogen) atoms. The second kappa shape index (κ2) is 6.57. The van der Waals surface area contributed by atoms with Gasteiger partial charge in [0.15, 0.2) is 0 Å². The van der Waals surface area contributed by atoms with Gasteiger partial charge in [-0.25, -0.2) is 4.98 Å². The average Bonchev–Trinajstić information content (AvgIpc) is 2.96. The Hall–Kier alpha value is -1.74. The van der Waals surface area contributed by atoms with Gasteiger partial charge < -0.3 is 5.32 Å². The molecule has 0 unspecified atom stereocenters. The van der Waals surface area contributed by atoms with Crippen molar-refractivity contribution >= 4 is 55.7 Å². The van der Waals surface area contributed by atoms with E-state index >= 15 is 0 Å². The molecule has 0 saturated carbocycles. The summed E-state index contributed by atoms with van der Waals surface area (Å²) in [5, 5.41) is 5.27. The topological polar surface area (TPSA) is 64.0 Å². The Balaban J connectivity index is 1.67. The zero-order chi connectivity index (χ0) is 15.5. The van der Waals surface area contributed by atoms with Gasteiger partial charge in [-0.15, -0.1) is 11.3 Å². The third kappa shape index (κ3) is 3.36. The van der Waals surface area contributed by atoms with Crippen LogP contribution in [-0.2, 0) is 11.3 Å². The van der Waals surface area contributed by atoms with E-state index in [1.807, 2.05) is 29.6 Å². The van der Waals surface area contributed by atoms with E-state index in [4.69, 9.17) is 0 Å². The number of nitrogens with one attached hydrogen (secondary N) is 1. The SMILES string of the molecule is O=C(CCn1cnc2sccc2c1=O)Nc1cccc(I)c1. The minimum Gasteiger partial charge on any atom is -0.326 e. The molecule has 2 aromatic heterocycles. The summed E-state index contributed by atoms with van der Waals surface area (Å²) in [7, 11) is 0. The van der Waals surface area contributed by atoms with Crippen LogP contribution in [0.4, 0.5) is 5.69 Å². The van der Waals surface area contributed by atoms with Crippen LogP contribution in [0.3, 0.4) is 0 Å². The molecule has 0 aliphatic heterocycles. The molecule has 7 heteroatoms. The average molecular weight is 425 g/mol. The van der Waals surface area contributed by atoms with E-state index in [2.05, 4.69) is 32.9 Å². The number of aromatic nitrogens is 2. The molecule has 2 heterocycles. The number of aryl methyl sites for hydroxylation is 1. The van der Waals surface area contributed by atoms with Crippen LogP contribution in [-0.4, -0.2) is 15.5 Å². The van der Waals surface area contributed by atoms with Gasteiger partial charge in [0.1, 0.15) is 4.83 Å². The van der Waals surface area contributed by atoms with Crippen molar-refractivity contribution in [2.45, 2.75) is 13.0 Å². The standard InChI is InChI=1S/C15H12IN3O2S/c16-10-2-1-3-11(8-10)18-13(20)4-6-19-9-17-14-12(15(19)21)5-7-22-14/h1-3,5,7-9H,4,6H2,(H,18,20). The molecule has 0 fully saturated rings. The lowest BCUT2D eigenvalue weighted by atomic mass is 10.3. The van der Waals surface area contributed by atoms with E-state index in [0.717, 1.165) is 14.1 Å². The smallest absolute Gasteiger partial charge is 0.262 e. The van der Waals surface area contributed by atoms with Crippen LogP contribution in [0, 0.1) is 3.57 Å². The van der Waals surface area contributed by atoms with E-state index in [9.17, 15) is 9.59 Å². The Morgan fingerprint density at radius 1 is 1.36 bits per heavy atom. The molecule has 1 amide bonds. The summed E-state index contributed by atoms with van der Waals surface area (Å²) < 4.78 is 2.53. The minimum absolute atomic E-state index is 0.103. The minimum atomic E-state index is -0.126. The summed E-state index contributed by atoms with van der Waals surface area (Å²) in [5.74, 6) is -0.126. The third-order valence-electron chi connectivity index (χ3n) is 3.14. The third-order valence-corrected chi connectivity index (χ3v) is 4.63. The van der Waals surface area contributed by atoms with Crippen LogP contribution < -0.4 is 10.9 Å². The van der Waals surface area contributed by atoms with Gasteiger partial charge in [0.05, 0.1) is 11.7 Å². The number of halogens is 1. The number of hydrogen-bond acceptors (Lipinski definition) is 4. The number of carbonyl (C=O) groups excluding carboxylic acids is 1. The van der Waals surface area contributed by atoms with Crippen LogP contribution in [0.2, 0.25) is 0 Å². The monoisotopic (exact) mass is 425 g/mol. The van der Waals surface area contributed by atoms with Gasteiger partial charge in [0.2, 0.25) is 5.91 Å². The van der Waals surface area contributed by atoms with Crippen LogP contribution in [0.1, 0.15) is 6.42 Å². The lowest BCUT2D eigenvalue weighted by Gasteiger charge is -2.07. The number of anilines is 1. The molecule has 5 nitrogen and oxygen atoms in total. The first-order valence-corrected chi connectivity index (χ1v) is 8.57. The highest BCUT2D eigenvalue weighted by Gasteiger charge is 2.07. The molecule has 0 atom stereocenters. The summed E-state index contributed by atoms with van der Waals surface area (Å²) in [6.07, 6.45) is 1.72. The first kappa shape index (κ1) is 15.2. The molecule has 0 aliphatic carbocycles. The lowest BCUT2D eigenvalue weighted by molar-refractivity contribution is -0.116. The summed E-state index contributed by atoms with van der Waals surface area (Å²) in [6.45, 7) is 0.313. The fourth-order valence-electron chi connectivity index (χ4n) is 2.06. The first-order chi connectivity index (χ1) is 10.6. The van der Waals surface area contributed by atoms with E-state index in [0.29, 0.717) is 11.9 Å². The predicted octanol–water partition coefficient (Wildman–Crippen LogP) is 3.09. The van der Waals surface area contributed by atoms with E-state index < -0.39 is 0 Å². The number of nitrogens with zero attached hydrogens (tertiary/aromatic N) is 2. The molecular formula is C15H12IN3O2S. The Kier molecular flexibility index (Phi) is 4.53. The Morgan fingerprint density at radius 2 is 2.23 bits per heavy atom. The van der Waals surface area contributed by atoms with Gasteiger partial charge in [-0.3, -0.25) is 14.2 Å². The van der Waals surface area contributed by atoms with Crippen LogP contribution in [0.25, 0.3) is 10.2 Å². The summed E-state index contributed by atoms with van der Waals surface area (Å²) in [5.41, 5.74) is 0.656. The van der Waals surface area contributed by atoms with E-state index in [1.54, 1.807) is 6.07 Å². The van der Waals surface area contributed by atoms with Gasteiger partial charge in [0.25, 0.3) is 5.56 Å². The van der Waals surface area contributed by atoms with Crippen molar-refractivity contribution < 1.29 is 4.79 Å². The van der Waals surface area contributed by atoms with Crippen molar-refractivity contribution in [2.75, 3.05) is 5.32 Å². The van der Waals surface area contributed by atoms with Gasteiger partial charge in [0, 0.05) is 22.2 Å². The largest absolute Gasteiger partial charge is 0.326 e. The molecule has 1 aromatic carbocycles. The van der Waals surface area contributed by atoms with E-state index in [-0.39, 0.29) is 17.9 Å². The highest BCUT2D eigenvalue weighted by atomic mass is 127. The summed E-state index contributed by atoms with van der Waals surface area (Å²) in [6, 6.07) is 9.33. The number of amides is 1. The Morgan fingerprint density at radius 3 is 3.05 bits per heavy atom. The maximum absolute atomic E-state index is 12.2. The molecule has 0 saturated heterocycles. The second-order valence-corrected chi connectivity index (χ2v) is 6.83. The maximum Gasteiger partial charge on any atom is 0.262 e. The zero-order valence-corrected chi connectivity index (χ0v) is 14.4. The van der Waals surface area contributed by atoms with Crippen molar-refractivity contribution in [3.05, 3.63) is 56.0 Å². The van der Waals surface area contributed by atoms with E-state index in [1.165, 1.54) is 22.2 Å². The summed E-state index contributed by atoms with van der Waals surface area (Å²) in [4.78, 5) is 29.1. The zero-order valence-electron chi connectivity index (χ0n) is 11.5. The molecule has 1 N–H and O–H groups in total. The number of carbonyl (C=O) groups is 1. The van der Waals surface area contributed by atoms with Crippen molar-refractivity contribution in [2.24, 2.45) is 0 Å². The predicted molar refractivity (Wildman–Crippen MR) is 96.3 cm³/mol. The van der Waals surface area contributed by atoms with Gasteiger partial charge >= 0.3 is 0 Å². The molecule has 0 radical (unpaired) electrons. The number of rotatable bonds is 4. The summed E-state index contributed by atoms with van der Waals surface area (Å²) >= 11 is 3.62. The van der Waals surface area contributed by atoms with Crippen molar-refractivity contribution in [1.82, 2.24) is 9.55 Å². The van der Waals surface area contributed by atoms with Gasteiger partial charge in [-0.1, -0.05) is 6.07 Å². The molecule has 0 aliphatic rings. The molecule has 112 valence electrons. The fourth-order valence-corrected chi connectivity index (χ4v) is 3.33. The molecule has 0 spiro atoms. The first-order valence-electron chi connectivity index (χ1n) is 6.61. The molecule has 0 bridgehead atoms. The number of hydrogen-bond donors (Lipinski definition) is 1. The number of fused-ring (bicyclic) bond motifs is 1. The van der Waals surface area contributed by atoms with Crippen molar-refractivity contribution in [3.63, 3.8) is 0 Å². The quantitative estimate of drug-likeness (QED) is 0.654. The highest BCUT2D eigenvalue weighted by Crippen LogP contribution is 2.14. The number of thiophene rings is 1. The Bertz CT molecular complexity index is 888. The Labute approximate surface area is 144 Å². The van der Waals surface area contributed by atoms with Gasteiger partial charge in [-0.2, -0.15) is 0 Å². The lowest BCUT2D eigenvalue weighted by Crippen LogP contribution is -2.23. The molecular weight excluding hydrogens is 413 g/mol. The maximum atomic E-state index is 12.2. The normalized spacial score (nSPS) is 10.8. The highest BCUT2D eigenvalue weighted by molar-refractivity contribution is 14.1. The van der Waals surface area contributed by atoms with Crippen LogP contribution in [0.15, 0.2) is 46.8 Å². The molecule has 3 aromatic rings. The van der Waals surface area contributed by atoms with Crippen LogP contribution in [0.5, 0.6) is 0 Å². The van der Waals surface area contributed by atoms with Crippen molar-refractivity contribution in [1.29, 1.82) is 0 Å². The second-order valence-electron chi connectivity index (χ2n) is 4.69. The van der Waals surface area contributed by atoms with Crippen LogP contribution >= 0.6 is 33.9 Å².